The van der Waals surface area contributed by atoms with Gasteiger partial charge in [0.15, 0.2) is 0 Å². The third-order valence-electron chi connectivity index (χ3n) is 7.51. The van der Waals surface area contributed by atoms with E-state index in [0.29, 0.717) is 24.3 Å². The van der Waals surface area contributed by atoms with Crippen LogP contribution in [0.1, 0.15) is 25.7 Å². The lowest BCUT2D eigenvalue weighted by Crippen LogP contribution is -2.62. The Hall–Kier alpha value is -1.34. The first kappa shape index (κ1) is 19.0. The van der Waals surface area contributed by atoms with Gasteiger partial charge in [0.05, 0.1) is 19.3 Å². The van der Waals surface area contributed by atoms with Crippen LogP contribution >= 0.6 is 0 Å². The first-order chi connectivity index (χ1) is 12.9. The second kappa shape index (κ2) is 7.24. The molecule has 0 aromatic heterocycles. The number of ether oxygens (including phenoxy) is 1. The molecule has 3 heterocycles. The van der Waals surface area contributed by atoms with Crippen LogP contribution in [-0.2, 0) is 9.53 Å². The molecule has 4 rings (SSSR count). The maximum absolute atomic E-state index is 13.4. The van der Waals surface area contributed by atoms with Crippen LogP contribution in [0.3, 0.4) is 0 Å². The average Bonchev–Trinajstić information content (AvgIpc) is 3.13. The van der Waals surface area contributed by atoms with E-state index in [1.165, 1.54) is 0 Å². The average molecular weight is 379 g/mol. The molecule has 7 heteroatoms. The second-order valence-corrected chi connectivity index (χ2v) is 9.29. The van der Waals surface area contributed by atoms with Crippen molar-refractivity contribution >= 4 is 11.9 Å². The number of likely N-dealkylation sites (tertiary alicyclic amines) is 2. The Kier molecular flexibility index (Phi) is 5.10. The predicted octanol–water partition coefficient (Wildman–Crippen LogP) is 0.853. The molecule has 3 aliphatic heterocycles. The van der Waals surface area contributed by atoms with Gasteiger partial charge in [0.1, 0.15) is 0 Å². The Bertz CT molecular complexity index is 578. The minimum absolute atomic E-state index is 0.0762. The van der Waals surface area contributed by atoms with Crippen molar-refractivity contribution in [1.82, 2.24) is 20.0 Å². The Labute approximate surface area is 162 Å². The minimum Gasteiger partial charge on any atom is -0.381 e. The normalized spacial score (nSPS) is 35.0. The van der Waals surface area contributed by atoms with E-state index in [1.54, 1.807) is 19.0 Å². The van der Waals surface area contributed by atoms with Gasteiger partial charge >= 0.3 is 6.03 Å². The van der Waals surface area contributed by atoms with Crippen molar-refractivity contribution in [1.29, 1.82) is 0 Å². The van der Waals surface area contributed by atoms with Crippen LogP contribution in [-0.4, -0.2) is 93.2 Å². The number of nitrogens with one attached hydrogen (secondary N) is 1. The third-order valence-corrected chi connectivity index (χ3v) is 7.51. The van der Waals surface area contributed by atoms with Crippen LogP contribution in [0.2, 0.25) is 0 Å². The predicted molar refractivity (Wildman–Crippen MR) is 102 cm³/mol. The van der Waals surface area contributed by atoms with Crippen LogP contribution in [0.4, 0.5) is 4.79 Å². The van der Waals surface area contributed by atoms with E-state index in [4.69, 9.17) is 4.74 Å². The number of amides is 3. The number of urea groups is 1. The fourth-order valence-corrected chi connectivity index (χ4v) is 5.63. The molecule has 4 aliphatic rings. The van der Waals surface area contributed by atoms with Gasteiger partial charge in [-0.1, -0.05) is 0 Å². The summed E-state index contributed by atoms with van der Waals surface area (Å²) in [6.45, 7) is 5.02. The van der Waals surface area contributed by atoms with Crippen molar-refractivity contribution in [3.8, 4) is 0 Å². The third kappa shape index (κ3) is 3.44. The highest BCUT2D eigenvalue weighted by atomic mass is 16.5. The lowest BCUT2D eigenvalue weighted by Gasteiger charge is -2.53. The summed E-state index contributed by atoms with van der Waals surface area (Å²) in [5.41, 5.74) is 0.139. The number of hydrogen-bond donors (Lipinski definition) is 1. The van der Waals surface area contributed by atoms with Crippen LogP contribution < -0.4 is 5.32 Å². The highest BCUT2D eigenvalue weighted by molar-refractivity contribution is 5.83. The molecule has 2 unspecified atom stereocenters. The topological polar surface area (TPSA) is 65.1 Å². The van der Waals surface area contributed by atoms with E-state index >= 15 is 0 Å². The van der Waals surface area contributed by atoms with Gasteiger partial charge in [0.2, 0.25) is 5.91 Å². The molecule has 7 nitrogen and oxygen atoms in total. The maximum Gasteiger partial charge on any atom is 0.316 e. The zero-order chi connectivity index (χ0) is 19.2. The quantitative estimate of drug-likeness (QED) is 0.791. The molecular weight excluding hydrogens is 344 g/mol. The molecule has 3 amide bonds. The molecule has 4 atom stereocenters. The molecule has 1 N–H and O–H groups in total. The van der Waals surface area contributed by atoms with E-state index in [2.05, 4.69) is 22.2 Å². The molecule has 27 heavy (non-hydrogen) atoms. The highest BCUT2D eigenvalue weighted by Crippen LogP contribution is 2.53. The number of nitrogens with zero attached hydrogens (tertiary/aromatic N) is 3. The Morgan fingerprint density at radius 3 is 2.41 bits per heavy atom. The van der Waals surface area contributed by atoms with Gasteiger partial charge in [0.25, 0.3) is 0 Å². The molecule has 4 fully saturated rings. The molecule has 1 spiro atoms. The van der Waals surface area contributed by atoms with Gasteiger partial charge in [-0.3, -0.25) is 4.79 Å². The van der Waals surface area contributed by atoms with Gasteiger partial charge in [-0.05, 0) is 63.1 Å². The SMILES string of the molecule is CN1CCC2(CCCN(C(=O)C3[C@H]4COC[C@@H]34)C2CNC(=O)N(C)C)CC1. The van der Waals surface area contributed by atoms with Gasteiger partial charge in [0, 0.05) is 33.1 Å². The molecule has 0 radical (unpaired) electrons. The van der Waals surface area contributed by atoms with Crippen LogP contribution in [0, 0.1) is 23.2 Å². The number of carbonyl (C=O) groups excluding carboxylic acids is 2. The van der Waals surface area contributed by atoms with E-state index in [1.807, 2.05) is 0 Å². The summed E-state index contributed by atoms with van der Waals surface area (Å²) in [5, 5.41) is 3.08. The molecule has 3 saturated heterocycles. The van der Waals surface area contributed by atoms with Crippen LogP contribution in [0.5, 0.6) is 0 Å². The largest absolute Gasteiger partial charge is 0.381 e. The van der Waals surface area contributed by atoms with Crippen LogP contribution in [0.15, 0.2) is 0 Å². The van der Waals surface area contributed by atoms with Crippen molar-refractivity contribution < 1.29 is 14.3 Å². The Morgan fingerprint density at radius 1 is 1.11 bits per heavy atom. The Morgan fingerprint density at radius 2 is 1.78 bits per heavy atom. The molecule has 0 aromatic rings. The number of carbonyl (C=O) groups is 2. The summed E-state index contributed by atoms with van der Waals surface area (Å²) >= 11 is 0. The fourth-order valence-electron chi connectivity index (χ4n) is 5.63. The number of fused-ring (bicyclic) bond motifs is 1. The maximum atomic E-state index is 13.4. The smallest absolute Gasteiger partial charge is 0.316 e. The fraction of sp³-hybridized carbons (Fsp3) is 0.900. The van der Waals surface area contributed by atoms with Crippen molar-refractivity contribution in [2.24, 2.45) is 23.2 Å². The van der Waals surface area contributed by atoms with E-state index in [9.17, 15) is 9.59 Å². The van der Waals surface area contributed by atoms with Crippen molar-refractivity contribution in [2.75, 3.05) is 60.5 Å². The lowest BCUT2D eigenvalue weighted by atomic mass is 9.66. The Balaban J connectivity index is 1.52. The number of hydrogen-bond acceptors (Lipinski definition) is 4. The van der Waals surface area contributed by atoms with Crippen LogP contribution in [0.25, 0.3) is 0 Å². The molecule has 0 aromatic carbocycles. The summed E-state index contributed by atoms with van der Waals surface area (Å²) in [4.78, 5) is 31.7. The highest BCUT2D eigenvalue weighted by Gasteiger charge is 2.60. The zero-order valence-corrected chi connectivity index (χ0v) is 16.9. The second-order valence-electron chi connectivity index (χ2n) is 9.29. The summed E-state index contributed by atoms with van der Waals surface area (Å²) in [6.07, 6.45) is 4.45. The standard InChI is InChI=1S/C20H34N4O3/c1-22(2)19(26)21-11-16-20(6-9-23(3)10-7-20)5-4-8-24(16)18(25)17-14-12-27-13-15(14)17/h14-17H,4-13H2,1-3H3,(H,21,26)/t14-,15+,16?,17?. The summed E-state index contributed by atoms with van der Waals surface area (Å²) in [5.74, 6) is 1.34. The molecular formula is C20H34N4O3. The van der Waals surface area contributed by atoms with E-state index in [0.717, 1.165) is 58.5 Å². The summed E-state index contributed by atoms with van der Waals surface area (Å²) in [7, 11) is 5.69. The van der Waals surface area contributed by atoms with Gasteiger partial charge < -0.3 is 24.8 Å². The molecule has 1 aliphatic carbocycles. The monoisotopic (exact) mass is 378 g/mol. The molecule has 0 bridgehead atoms. The van der Waals surface area contributed by atoms with Crippen molar-refractivity contribution in [2.45, 2.75) is 31.7 Å². The van der Waals surface area contributed by atoms with Gasteiger partial charge in [-0.2, -0.15) is 0 Å². The summed E-state index contributed by atoms with van der Waals surface area (Å²) in [6, 6.07) is 0.0336. The van der Waals surface area contributed by atoms with Crippen molar-refractivity contribution in [3.63, 3.8) is 0 Å². The van der Waals surface area contributed by atoms with Gasteiger partial charge in [-0.25, -0.2) is 4.79 Å². The number of piperidine rings is 2. The molecule has 152 valence electrons. The van der Waals surface area contributed by atoms with Crippen molar-refractivity contribution in [3.05, 3.63) is 0 Å². The first-order valence-corrected chi connectivity index (χ1v) is 10.4. The zero-order valence-electron chi connectivity index (χ0n) is 16.9. The van der Waals surface area contributed by atoms with E-state index < -0.39 is 0 Å². The number of rotatable bonds is 3. The van der Waals surface area contributed by atoms with E-state index in [-0.39, 0.29) is 23.4 Å². The minimum atomic E-state index is -0.0762. The first-order valence-electron chi connectivity index (χ1n) is 10.4. The summed E-state index contributed by atoms with van der Waals surface area (Å²) < 4.78 is 5.49. The lowest BCUT2D eigenvalue weighted by molar-refractivity contribution is -0.144. The van der Waals surface area contributed by atoms with Gasteiger partial charge in [-0.15, -0.1) is 0 Å². The molecule has 1 saturated carbocycles.